The molecule has 0 heterocycles. The topological polar surface area (TPSA) is 58.6 Å². The number of nitrogens with one attached hydrogen (secondary N) is 1. The van der Waals surface area contributed by atoms with E-state index in [1.165, 1.54) is 6.42 Å². The Hall–Kier alpha value is -0.610. The van der Waals surface area contributed by atoms with Crippen molar-refractivity contribution in [1.82, 2.24) is 5.32 Å². The van der Waals surface area contributed by atoms with Gasteiger partial charge in [0.1, 0.15) is 0 Å². The van der Waals surface area contributed by atoms with Crippen LogP contribution in [-0.4, -0.2) is 36.4 Å². The van der Waals surface area contributed by atoms with E-state index in [1.807, 2.05) is 13.8 Å². The van der Waals surface area contributed by atoms with Gasteiger partial charge in [0.2, 0.25) is 0 Å². The molecular formula is C14H27NO3. The summed E-state index contributed by atoms with van der Waals surface area (Å²) in [4.78, 5) is 11.4. The maximum Gasteiger partial charge on any atom is 0.309 e. The van der Waals surface area contributed by atoms with E-state index in [9.17, 15) is 9.90 Å². The number of carbonyl (C=O) groups is 1. The van der Waals surface area contributed by atoms with E-state index in [-0.39, 0.29) is 11.9 Å². The zero-order chi connectivity index (χ0) is 13.6. The largest absolute Gasteiger partial charge is 0.466 e. The highest BCUT2D eigenvalue weighted by atomic mass is 16.5. The third-order valence-corrected chi connectivity index (χ3v) is 3.66. The summed E-state index contributed by atoms with van der Waals surface area (Å²) in [6.07, 6.45) is 4.01. The molecule has 1 rings (SSSR count). The molecule has 0 aromatic heterocycles. The van der Waals surface area contributed by atoms with Crippen LogP contribution in [0.4, 0.5) is 0 Å². The molecule has 0 aliphatic heterocycles. The molecule has 106 valence electrons. The molecule has 0 aromatic rings. The second-order valence-electron chi connectivity index (χ2n) is 5.71. The van der Waals surface area contributed by atoms with E-state index in [0.29, 0.717) is 25.6 Å². The number of esters is 1. The highest BCUT2D eigenvalue weighted by molar-refractivity contribution is 5.72. The Morgan fingerprint density at radius 1 is 1.61 bits per heavy atom. The summed E-state index contributed by atoms with van der Waals surface area (Å²) in [5.41, 5.74) is -0.591. The van der Waals surface area contributed by atoms with Crippen LogP contribution in [0, 0.1) is 11.8 Å². The van der Waals surface area contributed by atoms with E-state index >= 15 is 0 Å². The molecular weight excluding hydrogens is 230 g/mol. The lowest BCUT2D eigenvalue weighted by atomic mass is 9.79. The first-order chi connectivity index (χ1) is 8.47. The Kier molecular flexibility index (Phi) is 6.09. The molecule has 1 aliphatic rings. The molecule has 1 fully saturated rings. The normalized spacial score (nSPS) is 29.9. The highest BCUT2D eigenvalue weighted by Crippen LogP contribution is 2.31. The molecule has 0 saturated heterocycles. The van der Waals surface area contributed by atoms with Gasteiger partial charge >= 0.3 is 5.97 Å². The molecule has 0 spiro atoms. The Morgan fingerprint density at radius 3 is 2.94 bits per heavy atom. The second-order valence-corrected chi connectivity index (χ2v) is 5.71. The predicted octanol–water partition coefficient (Wildman–Crippen LogP) is 1.72. The lowest BCUT2D eigenvalue weighted by molar-refractivity contribution is -0.147. The van der Waals surface area contributed by atoms with E-state index in [1.54, 1.807) is 0 Å². The van der Waals surface area contributed by atoms with Crippen molar-refractivity contribution in [1.29, 1.82) is 0 Å². The van der Waals surface area contributed by atoms with Crippen molar-refractivity contribution in [3.63, 3.8) is 0 Å². The van der Waals surface area contributed by atoms with E-state index in [2.05, 4.69) is 12.2 Å². The molecule has 1 aliphatic carbocycles. The van der Waals surface area contributed by atoms with Crippen molar-refractivity contribution in [2.75, 3.05) is 19.7 Å². The molecule has 4 nitrogen and oxygen atoms in total. The van der Waals surface area contributed by atoms with Crippen molar-refractivity contribution in [2.24, 2.45) is 11.8 Å². The molecule has 3 unspecified atom stereocenters. The van der Waals surface area contributed by atoms with Crippen LogP contribution >= 0.6 is 0 Å². The predicted molar refractivity (Wildman–Crippen MR) is 71.2 cm³/mol. The second kappa shape index (κ2) is 7.10. The summed E-state index contributed by atoms with van der Waals surface area (Å²) < 4.78 is 4.95. The molecule has 0 radical (unpaired) electrons. The van der Waals surface area contributed by atoms with Crippen LogP contribution in [0.3, 0.4) is 0 Å². The van der Waals surface area contributed by atoms with E-state index in [0.717, 1.165) is 19.3 Å². The minimum absolute atomic E-state index is 0.158. The molecule has 18 heavy (non-hydrogen) atoms. The van der Waals surface area contributed by atoms with Gasteiger partial charge in [-0.3, -0.25) is 4.79 Å². The van der Waals surface area contributed by atoms with Crippen LogP contribution in [0.15, 0.2) is 0 Å². The monoisotopic (exact) mass is 257 g/mol. The standard InChI is InChI=1S/C14H27NO3/c1-4-18-13(16)12(3)9-15-10-14(17)7-5-6-11(2)8-14/h11-12,15,17H,4-10H2,1-3H3. The first kappa shape index (κ1) is 15.4. The fourth-order valence-electron chi connectivity index (χ4n) is 2.68. The fourth-order valence-corrected chi connectivity index (χ4v) is 2.68. The van der Waals surface area contributed by atoms with Gasteiger partial charge in [-0.15, -0.1) is 0 Å². The number of aliphatic hydroxyl groups is 1. The molecule has 0 aromatic carbocycles. The number of ether oxygens (including phenoxy) is 1. The summed E-state index contributed by atoms with van der Waals surface area (Å²) in [5, 5.41) is 13.6. The Bertz CT molecular complexity index is 270. The lowest BCUT2D eigenvalue weighted by Gasteiger charge is -2.36. The number of carbonyl (C=O) groups excluding carboxylic acids is 1. The van der Waals surface area contributed by atoms with Crippen molar-refractivity contribution < 1.29 is 14.6 Å². The van der Waals surface area contributed by atoms with Crippen LogP contribution in [0.1, 0.15) is 46.5 Å². The average Bonchev–Trinajstić information content (AvgIpc) is 2.28. The van der Waals surface area contributed by atoms with Gasteiger partial charge in [0.15, 0.2) is 0 Å². The first-order valence-corrected chi connectivity index (χ1v) is 7.06. The van der Waals surface area contributed by atoms with Crippen molar-refractivity contribution in [3.05, 3.63) is 0 Å². The van der Waals surface area contributed by atoms with Gasteiger partial charge in [-0.25, -0.2) is 0 Å². The molecule has 2 N–H and O–H groups in total. The minimum atomic E-state index is -0.591. The van der Waals surface area contributed by atoms with Crippen molar-refractivity contribution >= 4 is 5.97 Å². The van der Waals surface area contributed by atoms with Crippen LogP contribution in [-0.2, 0) is 9.53 Å². The summed E-state index contributed by atoms with van der Waals surface area (Å²) in [6.45, 7) is 7.40. The van der Waals surface area contributed by atoms with Gasteiger partial charge in [0, 0.05) is 13.1 Å². The van der Waals surface area contributed by atoms with Gasteiger partial charge in [-0.2, -0.15) is 0 Å². The van der Waals surface area contributed by atoms with Crippen LogP contribution < -0.4 is 5.32 Å². The van der Waals surface area contributed by atoms with Gasteiger partial charge in [-0.05, 0) is 25.7 Å². The van der Waals surface area contributed by atoms with Crippen LogP contribution in [0.5, 0.6) is 0 Å². The summed E-state index contributed by atoms with van der Waals surface area (Å²) in [6, 6.07) is 0. The maximum atomic E-state index is 11.4. The quantitative estimate of drug-likeness (QED) is 0.711. The molecule has 3 atom stereocenters. The first-order valence-electron chi connectivity index (χ1n) is 7.06. The van der Waals surface area contributed by atoms with Crippen molar-refractivity contribution in [2.45, 2.75) is 52.1 Å². The Morgan fingerprint density at radius 2 is 2.33 bits per heavy atom. The zero-order valence-corrected chi connectivity index (χ0v) is 11.9. The number of hydrogen-bond donors (Lipinski definition) is 2. The third-order valence-electron chi connectivity index (χ3n) is 3.66. The smallest absolute Gasteiger partial charge is 0.309 e. The number of rotatable bonds is 6. The maximum absolute atomic E-state index is 11.4. The van der Waals surface area contributed by atoms with Gasteiger partial charge < -0.3 is 15.2 Å². The van der Waals surface area contributed by atoms with Crippen LogP contribution in [0.2, 0.25) is 0 Å². The molecule has 0 amide bonds. The summed E-state index contributed by atoms with van der Waals surface area (Å²) in [7, 11) is 0. The SMILES string of the molecule is CCOC(=O)C(C)CNCC1(O)CCCC(C)C1. The van der Waals surface area contributed by atoms with Gasteiger partial charge in [-0.1, -0.05) is 26.7 Å². The average molecular weight is 257 g/mol. The van der Waals surface area contributed by atoms with E-state index in [4.69, 9.17) is 4.74 Å². The van der Waals surface area contributed by atoms with Gasteiger partial charge in [0.25, 0.3) is 0 Å². The van der Waals surface area contributed by atoms with Gasteiger partial charge in [0.05, 0.1) is 18.1 Å². The summed E-state index contributed by atoms with van der Waals surface area (Å²) >= 11 is 0. The minimum Gasteiger partial charge on any atom is -0.466 e. The lowest BCUT2D eigenvalue weighted by Crippen LogP contribution is -2.45. The molecule has 0 bridgehead atoms. The third kappa shape index (κ3) is 4.94. The van der Waals surface area contributed by atoms with Crippen LogP contribution in [0.25, 0.3) is 0 Å². The Balaban J connectivity index is 2.26. The van der Waals surface area contributed by atoms with Crippen molar-refractivity contribution in [3.8, 4) is 0 Å². The molecule has 1 saturated carbocycles. The summed E-state index contributed by atoms with van der Waals surface area (Å²) in [5.74, 6) is 0.261. The zero-order valence-electron chi connectivity index (χ0n) is 11.9. The number of hydrogen-bond acceptors (Lipinski definition) is 4. The highest BCUT2D eigenvalue weighted by Gasteiger charge is 2.32. The fraction of sp³-hybridized carbons (Fsp3) is 0.929. The Labute approximate surface area is 110 Å². The molecule has 4 heteroatoms. The van der Waals surface area contributed by atoms with E-state index < -0.39 is 5.60 Å².